The van der Waals surface area contributed by atoms with Gasteiger partial charge in [0.25, 0.3) is 0 Å². The van der Waals surface area contributed by atoms with E-state index >= 15 is 0 Å². The lowest BCUT2D eigenvalue weighted by Crippen LogP contribution is -2.24. The van der Waals surface area contributed by atoms with Crippen LogP contribution in [0.3, 0.4) is 0 Å². The fourth-order valence-corrected chi connectivity index (χ4v) is 2.17. The summed E-state index contributed by atoms with van der Waals surface area (Å²) in [6.07, 6.45) is 1.91. The Balaban J connectivity index is 2.03. The Kier molecular flexibility index (Phi) is 4.63. The molecular weight excluding hydrogens is 253 g/mol. The van der Waals surface area contributed by atoms with Crippen molar-refractivity contribution < 1.29 is 13.9 Å². The molecule has 98 valence electrons. The van der Waals surface area contributed by atoms with Crippen molar-refractivity contribution in [2.75, 3.05) is 13.2 Å². The summed E-state index contributed by atoms with van der Waals surface area (Å²) in [5.41, 5.74) is 6.99. The number of halogens is 1. The summed E-state index contributed by atoms with van der Waals surface area (Å²) in [6, 6.07) is 4.38. The van der Waals surface area contributed by atoms with Crippen LogP contribution in [-0.2, 0) is 16.1 Å². The molecule has 1 saturated heterocycles. The van der Waals surface area contributed by atoms with E-state index in [2.05, 4.69) is 0 Å². The van der Waals surface area contributed by atoms with Crippen LogP contribution in [0.4, 0.5) is 4.39 Å². The largest absolute Gasteiger partial charge is 0.389 e. The van der Waals surface area contributed by atoms with E-state index in [1.807, 2.05) is 0 Å². The molecule has 0 radical (unpaired) electrons. The normalized spacial score (nSPS) is 16.7. The molecule has 3 nitrogen and oxygen atoms in total. The first-order chi connectivity index (χ1) is 8.66. The lowest BCUT2D eigenvalue weighted by atomic mass is 10.1. The van der Waals surface area contributed by atoms with Crippen LogP contribution in [0.5, 0.6) is 0 Å². The smallest absolute Gasteiger partial charge is 0.123 e. The number of ether oxygens (including phenoxy) is 2. The molecule has 0 saturated carbocycles. The first-order valence-electron chi connectivity index (χ1n) is 5.94. The Morgan fingerprint density at radius 1 is 1.44 bits per heavy atom. The average molecular weight is 269 g/mol. The topological polar surface area (TPSA) is 44.5 Å². The summed E-state index contributed by atoms with van der Waals surface area (Å²) >= 11 is 4.94. The van der Waals surface area contributed by atoms with E-state index in [4.69, 9.17) is 27.4 Å². The van der Waals surface area contributed by atoms with E-state index in [0.29, 0.717) is 17.7 Å². The zero-order valence-corrected chi connectivity index (χ0v) is 10.8. The molecule has 1 aromatic rings. The first kappa shape index (κ1) is 13.4. The van der Waals surface area contributed by atoms with Crippen molar-refractivity contribution in [1.82, 2.24) is 0 Å². The number of rotatable bonds is 4. The molecule has 1 aromatic carbocycles. The van der Waals surface area contributed by atoms with Gasteiger partial charge in [-0.15, -0.1) is 0 Å². The summed E-state index contributed by atoms with van der Waals surface area (Å²) in [6.45, 7) is 1.76. The van der Waals surface area contributed by atoms with E-state index in [0.717, 1.165) is 26.1 Å². The van der Waals surface area contributed by atoms with Crippen LogP contribution in [0.1, 0.15) is 24.0 Å². The number of thiocarbonyl (C=S) groups is 1. The number of hydrogen-bond acceptors (Lipinski definition) is 3. The summed E-state index contributed by atoms with van der Waals surface area (Å²) in [7, 11) is 0. The van der Waals surface area contributed by atoms with E-state index in [-0.39, 0.29) is 16.9 Å². The van der Waals surface area contributed by atoms with Crippen molar-refractivity contribution in [3.05, 3.63) is 35.1 Å². The van der Waals surface area contributed by atoms with E-state index in [1.54, 1.807) is 6.07 Å². The van der Waals surface area contributed by atoms with Crippen LogP contribution in [0.25, 0.3) is 0 Å². The third-order valence-electron chi connectivity index (χ3n) is 2.98. The molecule has 0 atom stereocenters. The zero-order valence-electron chi connectivity index (χ0n) is 10.0. The van der Waals surface area contributed by atoms with Gasteiger partial charge in [-0.05, 0) is 36.6 Å². The molecule has 1 heterocycles. The Bertz CT molecular complexity index is 433. The average Bonchev–Trinajstić information content (AvgIpc) is 2.37. The molecule has 1 aliphatic heterocycles. The third kappa shape index (κ3) is 3.48. The predicted octanol–water partition coefficient (Wildman–Crippen LogP) is 2.16. The maximum absolute atomic E-state index is 13.2. The molecule has 1 aliphatic rings. The van der Waals surface area contributed by atoms with Crippen molar-refractivity contribution in [2.24, 2.45) is 5.73 Å². The quantitative estimate of drug-likeness (QED) is 0.851. The van der Waals surface area contributed by atoms with Gasteiger partial charge in [-0.2, -0.15) is 0 Å². The molecule has 2 N–H and O–H groups in total. The molecule has 2 rings (SSSR count). The minimum Gasteiger partial charge on any atom is -0.389 e. The highest BCUT2D eigenvalue weighted by Gasteiger charge is 2.15. The maximum atomic E-state index is 13.2. The number of benzene rings is 1. The molecule has 0 unspecified atom stereocenters. The fraction of sp³-hybridized carbons (Fsp3) is 0.462. The van der Waals surface area contributed by atoms with Crippen LogP contribution >= 0.6 is 12.2 Å². The highest BCUT2D eigenvalue weighted by atomic mass is 32.1. The van der Waals surface area contributed by atoms with Gasteiger partial charge in [-0.3, -0.25) is 0 Å². The molecule has 18 heavy (non-hydrogen) atoms. The summed E-state index contributed by atoms with van der Waals surface area (Å²) < 4.78 is 24.2. The second kappa shape index (κ2) is 6.22. The molecule has 0 spiro atoms. The lowest BCUT2D eigenvalue weighted by molar-refractivity contribution is -0.0391. The second-order valence-electron chi connectivity index (χ2n) is 4.29. The molecule has 1 fully saturated rings. The minimum atomic E-state index is -0.305. The van der Waals surface area contributed by atoms with Crippen molar-refractivity contribution >= 4 is 17.2 Å². The van der Waals surface area contributed by atoms with Gasteiger partial charge in [0.05, 0.1) is 12.7 Å². The van der Waals surface area contributed by atoms with Crippen molar-refractivity contribution in [3.63, 3.8) is 0 Å². The molecule has 0 aromatic heterocycles. The highest BCUT2D eigenvalue weighted by molar-refractivity contribution is 7.80. The highest BCUT2D eigenvalue weighted by Crippen LogP contribution is 2.17. The van der Waals surface area contributed by atoms with Crippen LogP contribution < -0.4 is 5.73 Å². The molecular formula is C13H16FNO2S. The van der Waals surface area contributed by atoms with Gasteiger partial charge in [0.2, 0.25) is 0 Å². The molecule has 0 aliphatic carbocycles. The van der Waals surface area contributed by atoms with E-state index in [1.165, 1.54) is 12.1 Å². The standard InChI is InChI=1S/C13H16FNO2S/c14-10-1-2-12(13(15)18)9(7-10)8-17-11-3-5-16-6-4-11/h1-2,7,11H,3-6,8H2,(H2,15,18). The predicted molar refractivity (Wildman–Crippen MR) is 70.9 cm³/mol. The van der Waals surface area contributed by atoms with Crippen molar-refractivity contribution in [2.45, 2.75) is 25.6 Å². The Morgan fingerprint density at radius 3 is 2.83 bits per heavy atom. The molecule has 5 heteroatoms. The fourth-order valence-electron chi connectivity index (χ4n) is 1.97. The third-order valence-corrected chi connectivity index (χ3v) is 3.20. The summed E-state index contributed by atoms with van der Waals surface area (Å²) in [4.78, 5) is 0.264. The van der Waals surface area contributed by atoms with Gasteiger partial charge in [-0.25, -0.2) is 4.39 Å². The number of nitrogens with two attached hydrogens (primary N) is 1. The van der Waals surface area contributed by atoms with Gasteiger partial charge >= 0.3 is 0 Å². The van der Waals surface area contributed by atoms with Crippen LogP contribution in [-0.4, -0.2) is 24.3 Å². The minimum absolute atomic E-state index is 0.168. The van der Waals surface area contributed by atoms with Crippen LogP contribution in [0, 0.1) is 5.82 Å². The number of hydrogen-bond donors (Lipinski definition) is 1. The van der Waals surface area contributed by atoms with Gasteiger partial charge in [0, 0.05) is 18.8 Å². The molecule has 0 amide bonds. The lowest BCUT2D eigenvalue weighted by Gasteiger charge is -2.23. The van der Waals surface area contributed by atoms with Gasteiger partial charge < -0.3 is 15.2 Å². The SMILES string of the molecule is NC(=S)c1ccc(F)cc1COC1CCOCC1. The Hall–Kier alpha value is -1.04. The Morgan fingerprint density at radius 2 is 2.17 bits per heavy atom. The van der Waals surface area contributed by atoms with Crippen molar-refractivity contribution in [3.8, 4) is 0 Å². The van der Waals surface area contributed by atoms with Gasteiger partial charge in [0.1, 0.15) is 10.8 Å². The Labute approximate surface area is 111 Å². The second-order valence-corrected chi connectivity index (χ2v) is 4.73. The van der Waals surface area contributed by atoms with E-state index < -0.39 is 0 Å². The molecule has 0 bridgehead atoms. The van der Waals surface area contributed by atoms with E-state index in [9.17, 15) is 4.39 Å². The summed E-state index contributed by atoms with van der Waals surface area (Å²) in [5, 5.41) is 0. The van der Waals surface area contributed by atoms with Crippen molar-refractivity contribution in [1.29, 1.82) is 0 Å². The summed E-state index contributed by atoms with van der Waals surface area (Å²) in [5.74, 6) is -0.305. The zero-order chi connectivity index (χ0) is 13.0. The maximum Gasteiger partial charge on any atom is 0.123 e. The van der Waals surface area contributed by atoms with Gasteiger partial charge in [0.15, 0.2) is 0 Å². The first-order valence-corrected chi connectivity index (χ1v) is 6.35. The van der Waals surface area contributed by atoms with Gasteiger partial charge in [-0.1, -0.05) is 12.2 Å². The van der Waals surface area contributed by atoms with Crippen LogP contribution in [0.15, 0.2) is 18.2 Å². The monoisotopic (exact) mass is 269 g/mol. The van der Waals surface area contributed by atoms with Crippen LogP contribution in [0.2, 0.25) is 0 Å².